The number of methoxy groups -OCH3 is 1. The second-order valence-corrected chi connectivity index (χ2v) is 9.46. The van der Waals surface area contributed by atoms with Gasteiger partial charge in [0.1, 0.15) is 18.5 Å². The van der Waals surface area contributed by atoms with Gasteiger partial charge in [0.25, 0.3) is 0 Å². The summed E-state index contributed by atoms with van der Waals surface area (Å²) in [5.74, 6) is 1.21. The molecule has 4 heterocycles. The molecule has 3 fully saturated rings. The molecule has 1 N–H and O–H groups in total. The molecular weight excluding hydrogens is 418 g/mol. The van der Waals surface area contributed by atoms with Crippen molar-refractivity contribution in [3.05, 3.63) is 48.2 Å². The van der Waals surface area contributed by atoms with E-state index in [1.165, 1.54) is 0 Å². The van der Waals surface area contributed by atoms with Crippen molar-refractivity contribution in [2.24, 2.45) is 5.92 Å². The normalized spacial score (nSPS) is 22.5. The van der Waals surface area contributed by atoms with Crippen LogP contribution in [0, 0.1) is 5.92 Å². The number of benzene rings is 1. The number of hydrogen-bond donors (Lipinski definition) is 1. The Labute approximate surface area is 196 Å². The van der Waals surface area contributed by atoms with Crippen molar-refractivity contribution in [2.45, 2.75) is 44.8 Å². The zero-order valence-electron chi connectivity index (χ0n) is 19.9. The number of aromatic nitrogens is 1. The second kappa shape index (κ2) is 10.5. The van der Waals surface area contributed by atoms with E-state index in [1.807, 2.05) is 50.2 Å². The van der Waals surface area contributed by atoms with Crippen LogP contribution < -0.4 is 10.1 Å². The SMILES string of the molecule is COCCOc1ccc(-c2ccc(C(C)(C)NC(=O)OC3CCN4CCC3CC4)cc2)nc1. The first kappa shape index (κ1) is 23.5. The minimum Gasteiger partial charge on any atom is -0.490 e. The number of ether oxygens (including phenoxy) is 3. The van der Waals surface area contributed by atoms with Gasteiger partial charge in [-0.15, -0.1) is 0 Å². The third kappa shape index (κ3) is 6.03. The average Bonchev–Trinajstić information content (AvgIpc) is 3.12. The molecule has 0 radical (unpaired) electrons. The number of alkyl carbamates (subject to hydrolysis) is 1. The van der Waals surface area contributed by atoms with E-state index in [0.29, 0.717) is 19.1 Å². The van der Waals surface area contributed by atoms with Gasteiger partial charge in [0.15, 0.2) is 0 Å². The summed E-state index contributed by atoms with van der Waals surface area (Å²) in [5.41, 5.74) is 2.33. The van der Waals surface area contributed by atoms with Crippen LogP contribution >= 0.6 is 0 Å². The van der Waals surface area contributed by atoms with E-state index in [-0.39, 0.29) is 12.2 Å². The Kier molecular flexibility index (Phi) is 7.50. The van der Waals surface area contributed by atoms with Crippen LogP contribution in [0.5, 0.6) is 5.75 Å². The number of fused-ring (bicyclic) bond motifs is 4. The summed E-state index contributed by atoms with van der Waals surface area (Å²) >= 11 is 0. The summed E-state index contributed by atoms with van der Waals surface area (Å²) in [4.78, 5) is 19.7. The summed E-state index contributed by atoms with van der Waals surface area (Å²) in [7, 11) is 1.65. The molecule has 178 valence electrons. The van der Waals surface area contributed by atoms with Gasteiger partial charge in [0, 0.05) is 19.2 Å². The molecule has 2 aromatic rings. The molecule has 5 rings (SSSR count). The Morgan fingerprint density at radius 1 is 1.06 bits per heavy atom. The van der Waals surface area contributed by atoms with Crippen LogP contribution in [-0.2, 0) is 15.0 Å². The first-order chi connectivity index (χ1) is 15.9. The number of amides is 1. The Morgan fingerprint density at radius 3 is 2.45 bits per heavy atom. The van der Waals surface area contributed by atoms with Crippen molar-refractivity contribution in [3.63, 3.8) is 0 Å². The maximum atomic E-state index is 12.7. The van der Waals surface area contributed by atoms with Gasteiger partial charge in [-0.05, 0) is 69.8 Å². The Morgan fingerprint density at radius 2 is 1.79 bits per heavy atom. The van der Waals surface area contributed by atoms with Gasteiger partial charge in [-0.1, -0.05) is 24.3 Å². The third-order valence-corrected chi connectivity index (χ3v) is 6.76. The Hall–Kier alpha value is -2.64. The molecule has 3 aliphatic rings. The van der Waals surface area contributed by atoms with Gasteiger partial charge in [0.2, 0.25) is 0 Å². The van der Waals surface area contributed by atoms with E-state index in [2.05, 4.69) is 15.2 Å². The number of piperidine rings is 1. The number of nitrogens with one attached hydrogen (secondary N) is 1. The van der Waals surface area contributed by atoms with Gasteiger partial charge < -0.3 is 24.4 Å². The topological polar surface area (TPSA) is 72.9 Å². The highest BCUT2D eigenvalue weighted by Crippen LogP contribution is 2.30. The number of hydrogen-bond acceptors (Lipinski definition) is 6. The summed E-state index contributed by atoms with van der Waals surface area (Å²) in [6, 6.07) is 12.0. The molecule has 1 unspecified atom stereocenters. The van der Waals surface area contributed by atoms with Crippen LogP contribution in [0.15, 0.2) is 42.6 Å². The fourth-order valence-corrected chi connectivity index (χ4v) is 4.68. The number of pyridine rings is 1. The molecule has 3 aliphatic heterocycles. The molecule has 1 aromatic heterocycles. The largest absolute Gasteiger partial charge is 0.490 e. The number of carbonyl (C=O) groups excluding carboxylic acids is 1. The fraction of sp³-hybridized carbons (Fsp3) is 0.538. The van der Waals surface area contributed by atoms with Gasteiger partial charge >= 0.3 is 6.09 Å². The number of nitrogens with zero attached hydrogens (tertiary/aromatic N) is 2. The van der Waals surface area contributed by atoms with Crippen LogP contribution in [0.2, 0.25) is 0 Å². The molecule has 7 heteroatoms. The zero-order valence-corrected chi connectivity index (χ0v) is 19.9. The molecule has 7 nitrogen and oxygen atoms in total. The quantitative estimate of drug-likeness (QED) is 0.604. The summed E-state index contributed by atoms with van der Waals surface area (Å²) in [6.45, 7) is 8.31. The molecule has 0 saturated carbocycles. The summed E-state index contributed by atoms with van der Waals surface area (Å²) in [5, 5.41) is 3.07. The van der Waals surface area contributed by atoms with E-state index in [1.54, 1.807) is 13.3 Å². The third-order valence-electron chi connectivity index (χ3n) is 6.76. The molecule has 0 aliphatic carbocycles. The lowest BCUT2D eigenvalue weighted by Crippen LogP contribution is -2.43. The maximum Gasteiger partial charge on any atom is 0.408 e. The van der Waals surface area contributed by atoms with Crippen molar-refractivity contribution < 1.29 is 19.0 Å². The number of carbonyl (C=O) groups is 1. The Balaban J connectivity index is 1.34. The highest BCUT2D eigenvalue weighted by atomic mass is 16.6. The first-order valence-electron chi connectivity index (χ1n) is 11.8. The van der Waals surface area contributed by atoms with Crippen molar-refractivity contribution >= 4 is 6.09 Å². The summed E-state index contributed by atoms with van der Waals surface area (Å²) < 4.78 is 16.5. The maximum absolute atomic E-state index is 12.7. The van der Waals surface area contributed by atoms with Crippen molar-refractivity contribution in [1.29, 1.82) is 0 Å². The average molecular weight is 454 g/mol. The van der Waals surface area contributed by atoms with Gasteiger partial charge in [-0.3, -0.25) is 4.98 Å². The molecule has 3 saturated heterocycles. The zero-order chi connectivity index (χ0) is 23.3. The molecule has 1 amide bonds. The van der Waals surface area contributed by atoms with Crippen molar-refractivity contribution in [2.75, 3.05) is 40.0 Å². The Bertz CT molecular complexity index is 906. The van der Waals surface area contributed by atoms with Crippen LogP contribution in [0.1, 0.15) is 38.7 Å². The highest BCUT2D eigenvalue weighted by Gasteiger charge is 2.34. The molecule has 1 aromatic carbocycles. The minimum absolute atomic E-state index is 0.0169. The molecule has 1 atom stereocenters. The van der Waals surface area contributed by atoms with Crippen molar-refractivity contribution in [1.82, 2.24) is 15.2 Å². The number of rotatable bonds is 8. The van der Waals surface area contributed by atoms with Crippen LogP contribution in [0.25, 0.3) is 11.3 Å². The molecule has 33 heavy (non-hydrogen) atoms. The standard InChI is InChI=1S/C26H35N3O4/c1-26(2,28-25(30)33-24-12-15-29-13-10-20(24)11-14-29)21-6-4-19(5-7-21)23-9-8-22(18-27-23)32-17-16-31-3/h4-9,18,20,24H,10-17H2,1-3H3,(H,28,30). The van der Waals surface area contributed by atoms with Gasteiger partial charge in [0.05, 0.1) is 24.0 Å². The van der Waals surface area contributed by atoms with Gasteiger partial charge in [-0.2, -0.15) is 0 Å². The predicted octanol–water partition coefficient (Wildman–Crippen LogP) is 4.22. The fourth-order valence-electron chi connectivity index (χ4n) is 4.68. The van der Waals surface area contributed by atoms with E-state index < -0.39 is 5.54 Å². The van der Waals surface area contributed by atoms with E-state index in [0.717, 1.165) is 61.5 Å². The van der Waals surface area contributed by atoms with E-state index in [4.69, 9.17) is 14.2 Å². The molecule has 0 spiro atoms. The van der Waals surface area contributed by atoms with Gasteiger partial charge in [-0.25, -0.2) is 4.79 Å². The summed E-state index contributed by atoms with van der Waals surface area (Å²) in [6.07, 6.45) is 4.57. The lowest BCUT2D eigenvalue weighted by molar-refractivity contribution is 0.0514. The molecule has 2 bridgehead atoms. The van der Waals surface area contributed by atoms with Crippen molar-refractivity contribution in [3.8, 4) is 17.0 Å². The van der Waals surface area contributed by atoms with Crippen LogP contribution in [0.4, 0.5) is 4.79 Å². The van der Waals surface area contributed by atoms with E-state index >= 15 is 0 Å². The predicted molar refractivity (Wildman–Crippen MR) is 127 cm³/mol. The van der Waals surface area contributed by atoms with Crippen LogP contribution in [-0.4, -0.2) is 62.0 Å². The lowest BCUT2D eigenvalue weighted by atomic mass is 9.92. The lowest BCUT2D eigenvalue weighted by Gasteiger charge is -2.31. The minimum atomic E-state index is -0.547. The molecular formula is C26H35N3O4. The smallest absolute Gasteiger partial charge is 0.408 e. The monoisotopic (exact) mass is 453 g/mol. The van der Waals surface area contributed by atoms with E-state index in [9.17, 15) is 4.79 Å². The first-order valence-corrected chi connectivity index (χ1v) is 11.8. The highest BCUT2D eigenvalue weighted by molar-refractivity contribution is 5.69. The van der Waals surface area contributed by atoms with Crippen LogP contribution in [0.3, 0.4) is 0 Å². The second-order valence-electron chi connectivity index (χ2n) is 9.46.